The third-order valence-electron chi connectivity index (χ3n) is 6.51. The van der Waals surface area contributed by atoms with E-state index in [9.17, 15) is 18.8 Å². The number of carbonyl (C=O) groups is 3. The molecule has 0 saturated carbocycles. The Morgan fingerprint density at radius 2 is 1.97 bits per heavy atom. The number of aryl methyl sites for hydroxylation is 1. The number of H-pyrrole nitrogens is 1. The zero-order valence-corrected chi connectivity index (χ0v) is 19.2. The zero-order valence-electron chi connectivity index (χ0n) is 19.2. The summed E-state index contributed by atoms with van der Waals surface area (Å²) in [6, 6.07) is 4.36. The van der Waals surface area contributed by atoms with E-state index >= 15 is 0 Å². The number of amides is 3. The van der Waals surface area contributed by atoms with Crippen molar-refractivity contribution >= 4 is 23.4 Å². The summed E-state index contributed by atoms with van der Waals surface area (Å²) in [6.07, 6.45) is 1.54. The zero-order chi connectivity index (χ0) is 23.7. The number of hydrogen-bond donors (Lipinski definition) is 2. The Kier molecular flexibility index (Phi) is 6.51. The molecule has 0 spiro atoms. The Morgan fingerprint density at radius 3 is 2.67 bits per heavy atom. The first-order valence-electron chi connectivity index (χ1n) is 11.1. The van der Waals surface area contributed by atoms with Crippen LogP contribution in [0.15, 0.2) is 18.2 Å². The van der Waals surface area contributed by atoms with Crippen LogP contribution in [0.25, 0.3) is 0 Å². The SMILES string of the molecule is COCC(=O)N1CCC(NC(=O)c2c(C)[nH]c(CN3C(=O)Cc4cc(F)ccc43)c2C)CC1. The van der Waals surface area contributed by atoms with Crippen LogP contribution >= 0.6 is 0 Å². The van der Waals surface area contributed by atoms with E-state index in [1.807, 2.05) is 13.8 Å². The summed E-state index contributed by atoms with van der Waals surface area (Å²) < 4.78 is 18.4. The molecule has 0 unspecified atom stereocenters. The number of anilines is 1. The van der Waals surface area contributed by atoms with E-state index in [2.05, 4.69) is 10.3 Å². The third kappa shape index (κ3) is 4.64. The molecule has 1 saturated heterocycles. The van der Waals surface area contributed by atoms with Crippen molar-refractivity contribution in [1.29, 1.82) is 0 Å². The molecular formula is C24H29FN4O4. The van der Waals surface area contributed by atoms with Crippen LogP contribution in [0.1, 0.15) is 45.7 Å². The van der Waals surface area contributed by atoms with Gasteiger partial charge in [-0.3, -0.25) is 14.4 Å². The molecule has 0 radical (unpaired) electrons. The molecule has 3 heterocycles. The summed E-state index contributed by atoms with van der Waals surface area (Å²) in [4.78, 5) is 44.2. The van der Waals surface area contributed by atoms with Gasteiger partial charge in [-0.25, -0.2) is 4.39 Å². The highest BCUT2D eigenvalue weighted by molar-refractivity contribution is 6.01. The van der Waals surface area contributed by atoms with Crippen LogP contribution in [0, 0.1) is 19.7 Å². The molecule has 33 heavy (non-hydrogen) atoms. The van der Waals surface area contributed by atoms with Gasteiger partial charge in [-0.15, -0.1) is 0 Å². The lowest BCUT2D eigenvalue weighted by molar-refractivity contribution is -0.136. The summed E-state index contributed by atoms with van der Waals surface area (Å²) in [5, 5.41) is 3.10. The van der Waals surface area contributed by atoms with Gasteiger partial charge in [-0.2, -0.15) is 0 Å². The van der Waals surface area contributed by atoms with Gasteiger partial charge in [0.2, 0.25) is 11.8 Å². The molecule has 8 nitrogen and oxygen atoms in total. The highest BCUT2D eigenvalue weighted by Gasteiger charge is 2.30. The van der Waals surface area contributed by atoms with Crippen LogP contribution in [-0.2, 0) is 27.3 Å². The largest absolute Gasteiger partial charge is 0.375 e. The molecule has 9 heteroatoms. The summed E-state index contributed by atoms with van der Waals surface area (Å²) in [5.74, 6) is -0.652. The van der Waals surface area contributed by atoms with E-state index in [1.165, 1.54) is 19.2 Å². The molecule has 1 aromatic carbocycles. The van der Waals surface area contributed by atoms with Crippen molar-refractivity contribution < 1.29 is 23.5 Å². The van der Waals surface area contributed by atoms with E-state index in [1.54, 1.807) is 15.9 Å². The van der Waals surface area contributed by atoms with Crippen molar-refractivity contribution in [2.45, 2.75) is 45.7 Å². The Bertz CT molecular complexity index is 1090. The van der Waals surface area contributed by atoms with Crippen molar-refractivity contribution in [3.05, 3.63) is 52.1 Å². The van der Waals surface area contributed by atoms with Crippen LogP contribution < -0.4 is 10.2 Å². The normalized spacial score (nSPS) is 16.3. The van der Waals surface area contributed by atoms with Crippen LogP contribution in [0.4, 0.5) is 10.1 Å². The van der Waals surface area contributed by atoms with Crippen LogP contribution in [-0.4, -0.2) is 60.5 Å². The first-order valence-corrected chi connectivity index (χ1v) is 11.1. The topological polar surface area (TPSA) is 94.7 Å². The average molecular weight is 457 g/mol. The number of hydrogen-bond acceptors (Lipinski definition) is 4. The fraction of sp³-hybridized carbons (Fsp3) is 0.458. The van der Waals surface area contributed by atoms with Crippen molar-refractivity contribution in [2.24, 2.45) is 0 Å². The minimum absolute atomic E-state index is 0.0109. The number of nitrogens with zero attached hydrogens (tertiary/aromatic N) is 2. The number of piperidine rings is 1. The van der Waals surface area contributed by atoms with E-state index in [4.69, 9.17) is 4.74 Å². The predicted molar refractivity (Wildman–Crippen MR) is 121 cm³/mol. The van der Waals surface area contributed by atoms with Gasteiger partial charge in [0.1, 0.15) is 12.4 Å². The second kappa shape index (κ2) is 9.35. The molecule has 2 aromatic rings. The molecule has 0 aliphatic carbocycles. The molecule has 0 atom stereocenters. The van der Waals surface area contributed by atoms with E-state index in [0.29, 0.717) is 42.7 Å². The van der Waals surface area contributed by atoms with Crippen LogP contribution in [0.3, 0.4) is 0 Å². The Labute approximate surface area is 192 Å². The standard InChI is InChI=1S/C24H29FN4O4/c1-14-19(12-29-20-5-4-17(25)10-16(20)11-21(29)30)26-15(2)23(14)24(32)27-18-6-8-28(9-7-18)22(31)13-33-3/h4-5,10,18,26H,6-9,11-13H2,1-3H3,(H,27,32). The molecular weight excluding hydrogens is 427 g/mol. The lowest BCUT2D eigenvalue weighted by Crippen LogP contribution is -2.47. The Morgan fingerprint density at radius 1 is 1.24 bits per heavy atom. The molecule has 2 aliphatic rings. The number of benzene rings is 1. The average Bonchev–Trinajstić information content (AvgIpc) is 3.23. The molecule has 1 aromatic heterocycles. The van der Waals surface area contributed by atoms with Crippen molar-refractivity contribution in [1.82, 2.24) is 15.2 Å². The van der Waals surface area contributed by atoms with Gasteiger partial charge in [0.15, 0.2) is 0 Å². The second-order valence-corrected chi connectivity index (χ2v) is 8.72. The van der Waals surface area contributed by atoms with Crippen LogP contribution in [0.5, 0.6) is 0 Å². The molecule has 1 fully saturated rings. The number of aromatic nitrogens is 1. The van der Waals surface area contributed by atoms with Crippen molar-refractivity contribution in [2.75, 3.05) is 31.7 Å². The molecule has 176 valence electrons. The number of nitrogens with one attached hydrogen (secondary N) is 2. The maximum atomic E-state index is 13.5. The first-order chi connectivity index (χ1) is 15.8. The lowest BCUT2D eigenvalue weighted by Gasteiger charge is -2.32. The molecule has 3 amide bonds. The van der Waals surface area contributed by atoms with E-state index < -0.39 is 0 Å². The number of likely N-dealkylation sites (tertiary alicyclic amines) is 1. The second-order valence-electron chi connectivity index (χ2n) is 8.72. The number of aromatic amines is 1. The lowest BCUT2D eigenvalue weighted by atomic mass is 10.0. The first kappa shape index (κ1) is 23.0. The summed E-state index contributed by atoms with van der Waals surface area (Å²) in [5.41, 5.74) is 4.26. The molecule has 0 bridgehead atoms. The number of methoxy groups -OCH3 is 1. The van der Waals surface area contributed by atoms with Gasteiger partial charge in [0.05, 0.1) is 18.5 Å². The maximum absolute atomic E-state index is 13.5. The molecule has 4 rings (SSSR count). The Hall–Kier alpha value is -3.20. The predicted octanol–water partition coefficient (Wildman–Crippen LogP) is 2.23. The van der Waals surface area contributed by atoms with Gasteiger partial charge in [-0.05, 0) is 56.0 Å². The maximum Gasteiger partial charge on any atom is 0.253 e. The number of fused-ring (bicyclic) bond motifs is 1. The van der Waals surface area contributed by atoms with Gasteiger partial charge in [-0.1, -0.05) is 0 Å². The highest BCUT2D eigenvalue weighted by atomic mass is 19.1. The third-order valence-corrected chi connectivity index (χ3v) is 6.51. The summed E-state index contributed by atoms with van der Waals surface area (Å²) >= 11 is 0. The smallest absolute Gasteiger partial charge is 0.253 e. The quantitative estimate of drug-likeness (QED) is 0.697. The van der Waals surface area contributed by atoms with Gasteiger partial charge >= 0.3 is 0 Å². The summed E-state index contributed by atoms with van der Waals surface area (Å²) in [6.45, 7) is 5.23. The number of carbonyl (C=O) groups excluding carboxylic acids is 3. The molecule has 2 aliphatic heterocycles. The van der Waals surface area contributed by atoms with Crippen molar-refractivity contribution in [3.8, 4) is 0 Å². The molecule has 2 N–H and O–H groups in total. The number of halogens is 1. The van der Waals surface area contributed by atoms with Crippen molar-refractivity contribution in [3.63, 3.8) is 0 Å². The summed E-state index contributed by atoms with van der Waals surface area (Å²) in [7, 11) is 1.50. The fourth-order valence-corrected chi connectivity index (χ4v) is 4.74. The van der Waals surface area contributed by atoms with E-state index in [0.717, 1.165) is 17.0 Å². The fourth-order valence-electron chi connectivity index (χ4n) is 4.74. The minimum Gasteiger partial charge on any atom is -0.375 e. The Balaban J connectivity index is 1.43. The number of ether oxygens (including phenoxy) is 1. The van der Waals surface area contributed by atoms with Gasteiger partial charge < -0.3 is 24.8 Å². The number of rotatable bonds is 6. The minimum atomic E-state index is -0.358. The van der Waals surface area contributed by atoms with Gasteiger partial charge in [0.25, 0.3) is 5.91 Å². The van der Waals surface area contributed by atoms with Crippen LogP contribution in [0.2, 0.25) is 0 Å². The monoisotopic (exact) mass is 456 g/mol. The highest BCUT2D eigenvalue weighted by Crippen LogP contribution is 2.32. The van der Waals surface area contributed by atoms with E-state index in [-0.39, 0.29) is 49.2 Å². The van der Waals surface area contributed by atoms with Gasteiger partial charge in [0, 0.05) is 43.3 Å².